The van der Waals surface area contributed by atoms with E-state index in [1.54, 1.807) is 12.1 Å². The predicted molar refractivity (Wildman–Crippen MR) is 84.6 cm³/mol. The molecule has 0 aliphatic rings. The van der Waals surface area contributed by atoms with Crippen LogP contribution in [0.2, 0.25) is 10.0 Å². The van der Waals surface area contributed by atoms with E-state index in [1.165, 1.54) is 25.3 Å². The van der Waals surface area contributed by atoms with Gasteiger partial charge in [-0.05, 0) is 25.1 Å². The molecule has 0 radical (unpaired) electrons. The average Bonchev–Trinajstić information content (AvgIpc) is 2.94. The number of aliphatic hydroxyl groups excluding tert-OH is 1. The highest BCUT2D eigenvalue weighted by Gasteiger charge is 2.15. The van der Waals surface area contributed by atoms with Gasteiger partial charge >= 0.3 is 0 Å². The number of aromatic nitrogens is 1. The van der Waals surface area contributed by atoms with E-state index in [1.807, 2.05) is 0 Å². The molecule has 0 aliphatic heterocycles. The van der Waals surface area contributed by atoms with Gasteiger partial charge in [-0.3, -0.25) is 9.59 Å². The van der Waals surface area contributed by atoms with E-state index >= 15 is 0 Å². The van der Waals surface area contributed by atoms with E-state index in [9.17, 15) is 14.7 Å². The number of aromatic amines is 1. The van der Waals surface area contributed by atoms with Gasteiger partial charge < -0.3 is 15.4 Å². The number of carbonyl (C=O) groups is 2. The summed E-state index contributed by atoms with van der Waals surface area (Å²) < 4.78 is 0. The van der Waals surface area contributed by atoms with Crippen molar-refractivity contribution in [2.75, 3.05) is 6.54 Å². The molecule has 0 saturated carbocycles. The highest BCUT2D eigenvalue weighted by atomic mass is 35.5. The maximum atomic E-state index is 11.9. The van der Waals surface area contributed by atoms with Crippen molar-refractivity contribution < 1.29 is 14.7 Å². The molecule has 1 aromatic carbocycles. The molecule has 2 rings (SSSR count). The molecule has 22 heavy (non-hydrogen) atoms. The van der Waals surface area contributed by atoms with Gasteiger partial charge in [0.15, 0.2) is 5.78 Å². The monoisotopic (exact) mass is 340 g/mol. The molecule has 1 aromatic heterocycles. The second-order valence-corrected chi connectivity index (χ2v) is 5.59. The van der Waals surface area contributed by atoms with Crippen molar-refractivity contribution in [2.45, 2.75) is 13.0 Å². The van der Waals surface area contributed by atoms with E-state index in [0.29, 0.717) is 21.2 Å². The first kappa shape index (κ1) is 16.5. The molecule has 0 saturated heterocycles. The third-order valence-electron chi connectivity index (χ3n) is 3.11. The molecule has 0 aliphatic carbocycles. The van der Waals surface area contributed by atoms with Crippen LogP contribution in [0, 0.1) is 0 Å². The third kappa shape index (κ3) is 3.88. The number of H-pyrrole nitrogens is 1. The number of Topliss-reactive ketones (excluding diaryl/α,β-unsaturated/α-hetero) is 1. The Labute approximate surface area is 137 Å². The first-order chi connectivity index (χ1) is 10.4. The maximum absolute atomic E-state index is 11.9. The van der Waals surface area contributed by atoms with E-state index in [2.05, 4.69) is 10.3 Å². The average molecular weight is 341 g/mol. The summed E-state index contributed by atoms with van der Waals surface area (Å²) in [6.07, 6.45) is 0.500. The van der Waals surface area contributed by atoms with Crippen molar-refractivity contribution in [3.8, 4) is 0 Å². The molecule has 3 N–H and O–H groups in total. The summed E-state index contributed by atoms with van der Waals surface area (Å²) in [5, 5.41) is 13.4. The smallest absolute Gasteiger partial charge is 0.267 e. The lowest BCUT2D eigenvalue weighted by Gasteiger charge is -2.13. The Balaban J connectivity index is 1.99. The quantitative estimate of drug-likeness (QED) is 0.731. The van der Waals surface area contributed by atoms with E-state index in [-0.39, 0.29) is 18.0 Å². The number of rotatable bonds is 5. The Morgan fingerprint density at radius 2 is 2.05 bits per heavy atom. The van der Waals surface area contributed by atoms with Gasteiger partial charge in [0.1, 0.15) is 5.69 Å². The minimum absolute atomic E-state index is 0.0192. The number of ketones is 1. The lowest BCUT2D eigenvalue weighted by molar-refractivity contribution is 0.0912. The fourth-order valence-corrected chi connectivity index (χ4v) is 2.43. The van der Waals surface area contributed by atoms with Crippen LogP contribution in [0.15, 0.2) is 30.5 Å². The predicted octanol–water partition coefficient (Wildman–Crippen LogP) is 2.99. The molecule has 0 fully saturated rings. The second kappa shape index (κ2) is 6.96. The summed E-state index contributed by atoms with van der Waals surface area (Å²) in [7, 11) is 0. The van der Waals surface area contributed by atoms with Crippen LogP contribution in [-0.4, -0.2) is 28.3 Å². The van der Waals surface area contributed by atoms with Crippen LogP contribution in [0.25, 0.3) is 0 Å². The molecule has 0 unspecified atom stereocenters. The van der Waals surface area contributed by atoms with Gasteiger partial charge in [-0.2, -0.15) is 0 Å². The molecular formula is C15H14Cl2N2O3. The molecule has 1 heterocycles. The molecular weight excluding hydrogens is 327 g/mol. The van der Waals surface area contributed by atoms with Gasteiger partial charge in [-0.1, -0.05) is 29.3 Å². The summed E-state index contributed by atoms with van der Waals surface area (Å²) in [5.41, 5.74) is 1.15. The number of hydrogen-bond acceptors (Lipinski definition) is 3. The van der Waals surface area contributed by atoms with Gasteiger partial charge in [0.05, 0.1) is 6.10 Å². The van der Waals surface area contributed by atoms with Crippen LogP contribution < -0.4 is 5.32 Å². The third-order valence-corrected chi connectivity index (χ3v) is 3.67. The lowest BCUT2D eigenvalue weighted by atomic mass is 10.1. The van der Waals surface area contributed by atoms with Crippen molar-refractivity contribution in [1.29, 1.82) is 0 Å². The van der Waals surface area contributed by atoms with E-state index in [4.69, 9.17) is 23.2 Å². The zero-order valence-corrected chi connectivity index (χ0v) is 13.2. The number of halogens is 2. The van der Waals surface area contributed by atoms with Crippen LogP contribution in [0.3, 0.4) is 0 Å². The fourth-order valence-electron chi connectivity index (χ4n) is 1.89. The van der Waals surface area contributed by atoms with Crippen LogP contribution >= 0.6 is 23.2 Å². The first-order valence-electron chi connectivity index (χ1n) is 6.49. The summed E-state index contributed by atoms with van der Waals surface area (Å²) in [6, 6.07) is 6.19. The Morgan fingerprint density at radius 3 is 2.64 bits per heavy atom. The largest absolute Gasteiger partial charge is 0.387 e. The number of carbonyl (C=O) groups excluding carboxylic acids is 2. The molecule has 2 aromatic rings. The van der Waals surface area contributed by atoms with Crippen molar-refractivity contribution in [3.05, 3.63) is 57.3 Å². The van der Waals surface area contributed by atoms with Crippen LogP contribution in [-0.2, 0) is 0 Å². The van der Waals surface area contributed by atoms with Crippen molar-refractivity contribution in [2.24, 2.45) is 0 Å². The molecule has 5 nitrogen and oxygen atoms in total. The Hall–Kier alpha value is -1.82. The minimum Gasteiger partial charge on any atom is -0.387 e. The number of benzene rings is 1. The standard InChI is InChI=1S/C15H14Cl2N2O3/c1-8(20)9-4-13(18-6-9)15(22)19-7-14(21)11-3-2-10(16)5-12(11)17/h2-6,14,18,21H,7H2,1H3,(H,19,22)/t14-/m0/s1. The van der Waals surface area contributed by atoms with Crippen LogP contribution in [0.1, 0.15) is 39.4 Å². The van der Waals surface area contributed by atoms with Crippen molar-refractivity contribution in [3.63, 3.8) is 0 Å². The van der Waals surface area contributed by atoms with Gasteiger partial charge in [0, 0.05) is 33.9 Å². The molecule has 0 bridgehead atoms. The Kier molecular flexibility index (Phi) is 5.24. The summed E-state index contributed by atoms with van der Waals surface area (Å²) in [6.45, 7) is 1.39. The fraction of sp³-hybridized carbons (Fsp3) is 0.200. The summed E-state index contributed by atoms with van der Waals surface area (Å²) in [4.78, 5) is 25.8. The van der Waals surface area contributed by atoms with Crippen LogP contribution in [0.5, 0.6) is 0 Å². The van der Waals surface area contributed by atoms with Gasteiger partial charge in [-0.15, -0.1) is 0 Å². The van der Waals surface area contributed by atoms with Crippen molar-refractivity contribution in [1.82, 2.24) is 10.3 Å². The van der Waals surface area contributed by atoms with E-state index < -0.39 is 12.0 Å². The number of nitrogens with one attached hydrogen (secondary N) is 2. The van der Waals surface area contributed by atoms with Gasteiger partial charge in [0.2, 0.25) is 0 Å². The Bertz CT molecular complexity index is 713. The molecule has 1 atom stereocenters. The second-order valence-electron chi connectivity index (χ2n) is 4.75. The van der Waals surface area contributed by atoms with Crippen molar-refractivity contribution >= 4 is 34.9 Å². The first-order valence-corrected chi connectivity index (χ1v) is 7.24. The topological polar surface area (TPSA) is 82.2 Å². The summed E-state index contributed by atoms with van der Waals surface area (Å²) in [5.74, 6) is -0.556. The normalized spacial score (nSPS) is 12.0. The number of hydrogen-bond donors (Lipinski definition) is 3. The molecule has 7 heteroatoms. The maximum Gasteiger partial charge on any atom is 0.267 e. The Morgan fingerprint density at radius 1 is 1.32 bits per heavy atom. The highest BCUT2D eigenvalue weighted by molar-refractivity contribution is 6.35. The van der Waals surface area contributed by atoms with Crippen LogP contribution in [0.4, 0.5) is 0 Å². The zero-order chi connectivity index (χ0) is 16.3. The zero-order valence-electron chi connectivity index (χ0n) is 11.7. The lowest BCUT2D eigenvalue weighted by Crippen LogP contribution is -2.28. The molecule has 116 valence electrons. The highest BCUT2D eigenvalue weighted by Crippen LogP contribution is 2.25. The number of aliphatic hydroxyl groups is 1. The summed E-state index contributed by atoms with van der Waals surface area (Å²) >= 11 is 11.8. The minimum atomic E-state index is -0.962. The van der Waals surface area contributed by atoms with Gasteiger partial charge in [-0.25, -0.2) is 0 Å². The van der Waals surface area contributed by atoms with E-state index in [0.717, 1.165) is 0 Å². The number of amides is 1. The molecule has 1 amide bonds. The SMILES string of the molecule is CC(=O)c1c[nH]c(C(=O)NC[C@H](O)c2ccc(Cl)cc2Cl)c1. The van der Waals surface area contributed by atoms with Gasteiger partial charge in [0.25, 0.3) is 5.91 Å². The molecule has 0 spiro atoms.